The minimum absolute atomic E-state index is 0.0314. The number of nitrogens with zero attached hydrogens (tertiary/aromatic N) is 1. The molecule has 4 atom stereocenters. The van der Waals surface area contributed by atoms with Crippen LogP contribution in [0.25, 0.3) is 0 Å². The van der Waals surface area contributed by atoms with Crippen LogP contribution in [0.5, 0.6) is 0 Å². The lowest BCUT2D eigenvalue weighted by atomic mass is 9.58. The quantitative estimate of drug-likeness (QED) is 0.232. The van der Waals surface area contributed by atoms with Gasteiger partial charge in [0.2, 0.25) is 11.5 Å². The van der Waals surface area contributed by atoms with Crippen LogP contribution in [0.2, 0.25) is 0 Å². The Balaban J connectivity index is 2.31. The first-order valence-electron chi connectivity index (χ1n) is 11.1. The van der Waals surface area contributed by atoms with Gasteiger partial charge in [-0.05, 0) is 71.4 Å². The number of hydrogen-bond acceptors (Lipinski definition) is 3. The van der Waals surface area contributed by atoms with Gasteiger partial charge in [0.15, 0.2) is 5.41 Å². The molecular weight excluding hydrogens is 434 g/mol. The summed E-state index contributed by atoms with van der Waals surface area (Å²) in [6.07, 6.45) is 23.7. The molecule has 0 spiro atoms. The lowest BCUT2D eigenvalue weighted by Gasteiger charge is -2.49. The number of nitrogens with two attached hydrogens (primary N) is 1. The molecule has 33 heavy (non-hydrogen) atoms. The topological polar surface area (TPSA) is 76.7 Å². The van der Waals surface area contributed by atoms with Gasteiger partial charge in [0.1, 0.15) is 5.84 Å². The molecule has 0 aromatic heterocycles. The number of halogens is 1. The maximum Gasteiger partial charge on any atom is 0.245 e. The minimum Gasteiger partial charge on any atom is -0.477 e. The van der Waals surface area contributed by atoms with E-state index in [-0.39, 0.29) is 11.3 Å². The molecule has 2 aliphatic rings. The minimum atomic E-state index is -1.48. The number of aliphatic imine (C=N–C) groups is 1. The van der Waals surface area contributed by atoms with Crippen molar-refractivity contribution in [1.82, 2.24) is 5.32 Å². The molecule has 5 nitrogen and oxygen atoms in total. The number of carbonyl (C=O) groups excluding carboxylic acids is 1. The predicted octanol–water partition coefficient (Wildman–Crippen LogP) is 4.81. The van der Waals surface area contributed by atoms with Gasteiger partial charge in [0.25, 0.3) is 0 Å². The zero-order chi connectivity index (χ0) is 24.9. The Hall–Kier alpha value is -2.89. The molecule has 0 radical (unpaired) electrons. The van der Waals surface area contributed by atoms with E-state index >= 15 is 0 Å². The smallest absolute Gasteiger partial charge is 0.245 e. The third-order valence-corrected chi connectivity index (χ3v) is 7.19. The molecule has 1 amide bonds. The molecule has 0 bridgehead atoms. The van der Waals surface area contributed by atoms with Crippen LogP contribution in [0.4, 0.5) is 0 Å². The normalized spacial score (nSPS) is 25.6. The largest absolute Gasteiger partial charge is 0.477 e. The molecule has 6 heteroatoms. The summed E-state index contributed by atoms with van der Waals surface area (Å²) in [6.45, 7) is 9.18. The number of hydrogen-bond donors (Lipinski definition) is 2. The molecule has 2 rings (SSSR count). The van der Waals surface area contributed by atoms with E-state index in [1.54, 1.807) is 19.9 Å². The summed E-state index contributed by atoms with van der Waals surface area (Å²) >= 11 is 6.61. The van der Waals surface area contributed by atoms with Gasteiger partial charge in [0, 0.05) is 17.0 Å². The zero-order valence-corrected chi connectivity index (χ0v) is 20.9. The third-order valence-electron chi connectivity index (χ3n) is 6.69. The van der Waals surface area contributed by atoms with Gasteiger partial charge >= 0.3 is 0 Å². The number of fused-ring (bicyclic) bond motifs is 1. The Kier molecular flexibility index (Phi) is 8.28. The summed E-state index contributed by atoms with van der Waals surface area (Å²) in [4.78, 5) is 17.8. The molecule has 0 aliphatic heterocycles. The Morgan fingerprint density at radius 3 is 2.64 bits per heavy atom. The van der Waals surface area contributed by atoms with Gasteiger partial charge in [-0.3, -0.25) is 4.79 Å². The van der Waals surface area contributed by atoms with Crippen LogP contribution in [-0.4, -0.2) is 23.9 Å². The van der Waals surface area contributed by atoms with Gasteiger partial charge in [0.05, 0.1) is 12.0 Å². The summed E-state index contributed by atoms with van der Waals surface area (Å²) < 4.78 is 5.73. The summed E-state index contributed by atoms with van der Waals surface area (Å²) in [5.74, 6) is 5.11. The summed E-state index contributed by atoms with van der Waals surface area (Å²) in [6, 6.07) is 0. The van der Waals surface area contributed by atoms with Gasteiger partial charge < -0.3 is 15.8 Å². The van der Waals surface area contributed by atoms with E-state index < -0.39 is 16.9 Å². The summed E-state index contributed by atoms with van der Waals surface area (Å²) in [5.41, 5.74) is 4.63. The van der Waals surface area contributed by atoms with Crippen molar-refractivity contribution in [2.45, 2.75) is 59.5 Å². The molecule has 0 saturated heterocycles. The van der Waals surface area contributed by atoms with Crippen LogP contribution in [0.3, 0.4) is 0 Å². The highest BCUT2D eigenvalue weighted by Gasteiger charge is 2.49. The first-order chi connectivity index (χ1) is 15.5. The predicted molar refractivity (Wildman–Crippen MR) is 136 cm³/mol. The standard InChI is InChI=1S/C27H34ClN3O2/c1-8-17-33-26(7,10-3)22(19(4)5)31-23(29)25(6,9-2)24(32)30-18-27-16-15-20(27)13-11-12-14-21(27)28/h2-3,8,11-12,14,17,20H,13,15-16,18H2,1,4-7H3,(H2,29,31)(H,30,32)/b17-8-. The van der Waals surface area contributed by atoms with Crippen molar-refractivity contribution >= 4 is 23.3 Å². The lowest BCUT2D eigenvalue weighted by molar-refractivity contribution is -0.125. The average Bonchev–Trinajstić information content (AvgIpc) is 2.88. The highest BCUT2D eigenvalue weighted by molar-refractivity contribution is 6.30. The first kappa shape index (κ1) is 26.4. The van der Waals surface area contributed by atoms with Gasteiger partial charge in [-0.15, -0.1) is 12.8 Å². The number of rotatable bonds is 8. The number of ether oxygens (including phenoxy) is 1. The molecular formula is C27H34ClN3O2. The van der Waals surface area contributed by atoms with Crippen molar-refractivity contribution in [1.29, 1.82) is 0 Å². The van der Waals surface area contributed by atoms with E-state index in [9.17, 15) is 4.79 Å². The monoisotopic (exact) mass is 467 g/mol. The van der Waals surface area contributed by atoms with Crippen molar-refractivity contribution in [3.63, 3.8) is 0 Å². The fraction of sp³-hybridized carbons (Fsp3) is 0.481. The average molecular weight is 468 g/mol. The highest BCUT2D eigenvalue weighted by Crippen LogP contribution is 2.55. The van der Waals surface area contributed by atoms with Crippen molar-refractivity contribution in [3.8, 4) is 24.7 Å². The molecule has 3 N–H and O–H groups in total. The lowest BCUT2D eigenvalue weighted by Crippen LogP contribution is -2.53. The maximum absolute atomic E-state index is 13.3. The molecule has 0 aromatic carbocycles. The van der Waals surface area contributed by atoms with E-state index in [1.165, 1.54) is 6.26 Å². The Morgan fingerprint density at radius 1 is 1.42 bits per heavy atom. The molecule has 0 aromatic rings. The van der Waals surface area contributed by atoms with Crippen LogP contribution >= 0.6 is 11.6 Å². The van der Waals surface area contributed by atoms with Crippen LogP contribution in [-0.2, 0) is 9.53 Å². The summed E-state index contributed by atoms with van der Waals surface area (Å²) in [5, 5.41) is 3.76. The van der Waals surface area contributed by atoms with Gasteiger partial charge in [-0.25, -0.2) is 4.99 Å². The third kappa shape index (κ3) is 5.05. The zero-order valence-electron chi connectivity index (χ0n) is 20.2. The van der Waals surface area contributed by atoms with Gasteiger partial charge in [-0.2, -0.15) is 0 Å². The van der Waals surface area contributed by atoms with E-state index in [1.807, 2.05) is 32.9 Å². The Bertz CT molecular complexity index is 1020. The number of nitrogens with one attached hydrogen (secondary N) is 1. The van der Waals surface area contributed by atoms with Crippen molar-refractivity contribution < 1.29 is 9.53 Å². The molecule has 2 aliphatic carbocycles. The number of terminal acetylenes is 2. The first-order valence-corrected chi connectivity index (χ1v) is 11.5. The maximum atomic E-state index is 13.3. The van der Waals surface area contributed by atoms with E-state index in [2.05, 4.69) is 28.2 Å². The fourth-order valence-electron chi connectivity index (χ4n) is 4.19. The van der Waals surface area contributed by atoms with Crippen molar-refractivity contribution in [3.05, 3.63) is 46.9 Å². The number of allylic oxidation sites excluding steroid dienone is 5. The molecule has 1 saturated carbocycles. The Labute approximate surface area is 203 Å². The van der Waals surface area contributed by atoms with E-state index in [4.69, 9.17) is 34.9 Å². The van der Waals surface area contributed by atoms with E-state index in [0.717, 1.165) is 29.9 Å². The van der Waals surface area contributed by atoms with E-state index in [0.29, 0.717) is 18.2 Å². The molecule has 1 fully saturated rings. The SMILES string of the molecule is C#CC(C)(O/C=C\C)C(/N=C(/N)C(C)(C#C)C(=O)NCC12CCC1CC=CC=C2Cl)=C(C)C. The second kappa shape index (κ2) is 10.4. The Morgan fingerprint density at radius 2 is 2.12 bits per heavy atom. The second-order valence-electron chi connectivity index (χ2n) is 9.13. The molecule has 4 unspecified atom stereocenters. The molecule has 176 valence electrons. The van der Waals surface area contributed by atoms with Crippen LogP contribution in [0.15, 0.2) is 51.9 Å². The molecule has 0 heterocycles. The second-order valence-corrected chi connectivity index (χ2v) is 9.54. The number of amides is 1. The summed E-state index contributed by atoms with van der Waals surface area (Å²) in [7, 11) is 0. The van der Waals surface area contributed by atoms with Crippen LogP contribution < -0.4 is 11.1 Å². The van der Waals surface area contributed by atoms with Gasteiger partial charge in [-0.1, -0.05) is 41.7 Å². The van der Waals surface area contributed by atoms with Crippen LogP contribution in [0, 0.1) is 41.4 Å². The number of carbonyl (C=O) groups is 1. The highest BCUT2D eigenvalue weighted by atomic mass is 35.5. The van der Waals surface area contributed by atoms with Crippen LogP contribution in [0.1, 0.15) is 53.9 Å². The number of amidine groups is 1. The van der Waals surface area contributed by atoms with Crippen molar-refractivity contribution in [2.24, 2.45) is 27.5 Å². The van der Waals surface area contributed by atoms with Crippen molar-refractivity contribution in [2.75, 3.05) is 6.54 Å². The fourth-order valence-corrected chi connectivity index (χ4v) is 4.58.